The minimum absolute atomic E-state index is 0.118. The first kappa shape index (κ1) is 19.7. The van der Waals surface area contributed by atoms with Crippen molar-refractivity contribution >= 4 is 5.91 Å². The van der Waals surface area contributed by atoms with E-state index < -0.39 is 0 Å². The fourth-order valence-corrected chi connectivity index (χ4v) is 2.93. The number of rotatable bonds is 8. The van der Waals surface area contributed by atoms with Crippen LogP contribution < -0.4 is 10.1 Å². The summed E-state index contributed by atoms with van der Waals surface area (Å²) in [6, 6.07) is 17.4. The zero-order valence-corrected chi connectivity index (χ0v) is 16.7. The molecule has 0 bridgehead atoms. The summed E-state index contributed by atoms with van der Waals surface area (Å²) in [6.45, 7) is 7.33. The van der Waals surface area contributed by atoms with Gasteiger partial charge >= 0.3 is 0 Å². The van der Waals surface area contributed by atoms with E-state index in [0.29, 0.717) is 12.2 Å². The van der Waals surface area contributed by atoms with Crippen molar-refractivity contribution in [1.29, 1.82) is 0 Å². The molecule has 0 aliphatic heterocycles. The molecule has 0 radical (unpaired) electrons. The number of aryl methyl sites for hydroxylation is 2. The van der Waals surface area contributed by atoms with E-state index >= 15 is 0 Å². The number of nitrogens with zero attached hydrogens (tertiary/aromatic N) is 2. The monoisotopic (exact) mass is 377 g/mol. The fraction of sp³-hybridized carbons (Fsp3) is 0.304. The standard InChI is InChI=1S/C23H27N3O2/c1-4-18-9-11-21(12-10-18)28-16-19-7-6-8-20(15-19)23(27)24-17(3)22-13-14-26(5-2)25-22/h6-15,17H,4-5,16H2,1-3H3,(H,24,27). The van der Waals surface area contributed by atoms with Gasteiger partial charge in [0.2, 0.25) is 0 Å². The van der Waals surface area contributed by atoms with Crippen molar-refractivity contribution in [3.8, 4) is 5.75 Å². The maximum Gasteiger partial charge on any atom is 0.251 e. The van der Waals surface area contributed by atoms with Crippen LogP contribution in [0.15, 0.2) is 60.8 Å². The van der Waals surface area contributed by atoms with E-state index in [1.165, 1.54) is 5.56 Å². The smallest absolute Gasteiger partial charge is 0.251 e. The summed E-state index contributed by atoms with van der Waals surface area (Å²) >= 11 is 0. The molecule has 146 valence electrons. The van der Waals surface area contributed by atoms with Crippen LogP contribution in [0.5, 0.6) is 5.75 Å². The van der Waals surface area contributed by atoms with E-state index in [1.54, 1.807) is 0 Å². The van der Waals surface area contributed by atoms with Crippen molar-refractivity contribution in [1.82, 2.24) is 15.1 Å². The molecule has 28 heavy (non-hydrogen) atoms. The topological polar surface area (TPSA) is 56.1 Å². The first-order valence-electron chi connectivity index (χ1n) is 9.74. The van der Waals surface area contributed by atoms with Crippen LogP contribution in [0.2, 0.25) is 0 Å². The van der Waals surface area contributed by atoms with Crippen LogP contribution in [-0.2, 0) is 19.6 Å². The van der Waals surface area contributed by atoms with Gasteiger partial charge < -0.3 is 10.1 Å². The van der Waals surface area contributed by atoms with E-state index in [1.807, 2.05) is 67.2 Å². The summed E-state index contributed by atoms with van der Waals surface area (Å²) < 4.78 is 7.70. The first-order valence-corrected chi connectivity index (χ1v) is 9.74. The second-order valence-corrected chi connectivity index (χ2v) is 6.78. The Kier molecular flexibility index (Phi) is 6.48. The summed E-state index contributed by atoms with van der Waals surface area (Å²) in [6.07, 6.45) is 2.93. The van der Waals surface area contributed by atoms with Crippen LogP contribution in [0.25, 0.3) is 0 Å². The fourth-order valence-electron chi connectivity index (χ4n) is 2.93. The molecule has 0 aliphatic rings. The number of amides is 1. The number of benzene rings is 2. The summed E-state index contributed by atoms with van der Waals surface area (Å²) in [5.74, 6) is 0.708. The molecule has 1 unspecified atom stereocenters. The number of nitrogens with one attached hydrogen (secondary N) is 1. The molecule has 1 heterocycles. The van der Waals surface area contributed by atoms with Gasteiger partial charge in [-0.15, -0.1) is 0 Å². The third-order valence-corrected chi connectivity index (χ3v) is 4.70. The second kappa shape index (κ2) is 9.22. The van der Waals surface area contributed by atoms with Crippen molar-refractivity contribution in [3.05, 3.63) is 83.2 Å². The number of aromatic nitrogens is 2. The van der Waals surface area contributed by atoms with Crippen LogP contribution in [-0.4, -0.2) is 15.7 Å². The third-order valence-electron chi connectivity index (χ3n) is 4.70. The molecule has 0 fully saturated rings. The molecular weight excluding hydrogens is 350 g/mol. The molecule has 0 spiro atoms. The van der Waals surface area contributed by atoms with Crippen LogP contribution in [0.4, 0.5) is 0 Å². The van der Waals surface area contributed by atoms with Crippen molar-refractivity contribution in [2.24, 2.45) is 0 Å². The van der Waals surface area contributed by atoms with Gasteiger partial charge in [-0.1, -0.05) is 31.2 Å². The Balaban J connectivity index is 1.60. The Hall–Kier alpha value is -3.08. The molecule has 1 aromatic heterocycles. The Morgan fingerprint density at radius 2 is 1.89 bits per heavy atom. The summed E-state index contributed by atoms with van der Waals surface area (Å²) in [4.78, 5) is 12.6. The van der Waals surface area contributed by atoms with E-state index in [4.69, 9.17) is 4.74 Å². The number of hydrogen-bond donors (Lipinski definition) is 1. The third kappa shape index (κ3) is 5.00. The van der Waals surface area contributed by atoms with Gasteiger partial charge in [-0.05, 0) is 61.7 Å². The molecule has 1 amide bonds. The Bertz CT molecular complexity index is 916. The van der Waals surface area contributed by atoms with Crippen molar-refractivity contribution in [3.63, 3.8) is 0 Å². The number of ether oxygens (including phenoxy) is 1. The summed E-state index contributed by atoms with van der Waals surface area (Å²) in [5.41, 5.74) is 3.70. The highest BCUT2D eigenvalue weighted by molar-refractivity contribution is 5.94. The first-order chi connectivity index (χ1) is 13.6. The van der Waals surface area contributed by atoms with Gasteiger partial charge in [0.25, 0.3) is 5.91 Å². The van der Waals surface area contributed by atoms with E-state index in [9.17, 15) is 4.79 Å². The van der Waals surface area contributed by atoms with Crippen LogP contribution >= 0.6 is 0 Å². The SMILES string of the molecule is CCc1ccc(OCc2cccc(C(=O)NC(C)c3ccn(CC)n3)c2)cc1. The molecule has 1 N–H and O–H groups in total. The van der Waals surface area contributed by atoms with Gasteiger partial charge in [-0.3, -0.25) is 9.48 Å². The predicted octanol–water partition coefficient (Wildman–Crippen LogP) is 4.54. The van der Waals surface area contributed by atoms with Gasteiger partial charge in [-0.25, -0.2) is 0 Å². The Labute approximate surface area is 166 Å². The summed E-state index contributed by atoms with van der Waals surface area (Å²) in [5, 5.41) is 7.46. The lowest BCUT2D eigenvalue weighted by Crippen LogP contribution is -2.27. The highest BCUT2D eigenvalue weighted by Crippen LogP contribution is 2.16. The minimum Gasteiger partial charge on any atom is -0.489 e. The molecule has 0 saturated heterocycles. The molecular formula is C23H27N3O2. The van der Waals surface area contributed by atoms with Crippen molar-refractivity contribution in [2.45, 2.75) is 46.4 Å². The maximum atomic E-state index is 12.6. The van der Waals surface area contributed by atoms with E-state index in [2.05, 4.69) is 29.5 Å². The van der Waals surface area contributed by atoms with Crippen LogP contribution in [0.3, 0.4) is 0 Å². The normalized spacial score (nSPS) is 11.8. The second-order valence-electron chi connectivity index (χ2n) is 6.78. The summed E-state index contributed by atoms with van der Waals surface area (Å²) in [7, 11) is 0. The largest absolute Gasteiger partial charge is 0.489 e. The van der Waals surface area contributed by atoms with Gasteiger partial charge in [0.05, 0.1) is 11.7 Å². The molecule has 5 nitrogen and oxygen atoms in total. The zero-order valence-electron chi connectivity index (χ0n) is 16.7. The van der Waals surface area contributed by atoms with Crippen molar-refractivity contribution in [2.75, 3.05) is 0 Å². The highest BCUT2D eigenvalue weighted by Gasteiger charge is 2.14. The molecule has 0 saturated carbocycles. The lowest BCUT2D eigenvalue weighted by atomic mass is 10.1. The average Bonchev–Trinajstić information content (AvgIpc) is 3.22. The Morgan fingerprint density at radius 3 is 2.57 bits per heavy atom. The van der Waals surface area contributed by atoms with E-state index in [0.717, 1.165) is 30.0 Å². The molecule has 3 aromatic rings. The highest BCUT2D eigenvalue weighted by atomic mass is 16.5. The van der Waals surface area contributed by atoms with Gasteiger partial charge in [0.15, 0.2) is 0 Å². The number of carbonyl (C=O) groups is 1. The van der Waals surface area contributed by atoms with Gasteiger partial charge in [-0.2, -0.15) is 5.10 Å². The van der Waals surface area contributed by atoms with Crippen LogP contribution in [0, 0.1) is 0 Å². The minimum atomic E-state index is -0.155. The van der Waals surface area contributed by atoms with Crippen molar-refractivity contribution < 1.29 is 9.53 Å². The van der Waals surface area contributed by atoms with E-state index in [-0.39, 0.29) is 11.9 Å². The average molecular weight is 377 g/mol. The molecule has 5 heteroatoms. The number of carbonyl (C=O) groups excluding carboxylic acids is 1. The van der Waals surface area contributed by atoms with Gasteiger partial charge in [0, 0.05) is 18.3 Å². The molecule has 1 atom stereocenters. The molecule has 3 rings (SSSR count). The quantitative estimate of drug-likeness (QED) is 0.627. The number of hydrogen-bond acceptors (Lipinski definition) is 3. The zero-order chi connectivity index (χ0) is 19.9. The maximum absolute atomic E-state index is 12.6. The Morgan fingerprint density at radius 1 is 1.11 bits per heavy atom. The lowest BCUT2D eigenvalue weighted by Gasteiger charge is -2.13. The van der Waals surface area contributed by atoms with Crippen LogP contribution in [0.1, 0.15) is 54.0 Å². The van der Waals surface area contributed by atoms with Gasteiger partial charge in [0.1, 0.15) is 12.4 Å². The predicted molar refractivity (Wildman–Crippen MR) is 110 cm³/mol. The molecule has 2 aromatic carbocycles. The molecule has 0 aliphatic carbocycles. The lowest BCUT2D eigenvalue weighted by molar-refractivity contribution is 0.0939.